The smallest absolute Gasteiger partial charge is 0.341 e. The van der Waals surface area contributed by atoms with Gasteiger partial charge >= 0.3 is 5.97 Å². The molecule has 7 nitrogen and oxygen atoms in total. The molecule has 35 heavy (non-hydrogen) atoms. The van der Waals surface area contributed by atoms with Crippen molar-refractivity contribution in [3.05, 3.63) is 52.6 Å². The first-order valence-electron chi connectivity index (χ1n) is 12.4. The monoisotopic (exact) mass is 481 g/mol. The maximum atomic E-state index is 14.4. The van der Waals surface area contributed by atoms with Gasteiger partial charge in [0.2, 0.25) is 0 Å². The van der Waals surface area contributed by atoms with Crippen LogP contribution in [0.25, 0.3) is 0 Å². The number of carbonyl (C=O) groups excluding carboxylic acids is 2. The normalized spacial score (nSPS) is 41.1. The van der Waals surface area contributed by atoms with Crippen molar-refractivity contribution in [1.29, 1.82) is 0 Å². The Balaban J connectivity index is 1.65. The topological polar surface area (TPSA) is 130 Å². The molecule has 1 aromatic carbocycles. The van der Waals surface area contributed by atoms with Crippen LogP contribution in [0.15, 0.2) is 41.5 Å². The molecule has 0 aromatic heterocycles. The molecule has 5 rings (SSSR count). The summed E-state index contributed by atoms with van der Waals surface area (Å²) in [6.45, 7) is 9.16. The van der Waals surface area contributed by atoms with Gasteiger partial charge in [-0.05, 0) is 66.2 Å². The molecular weight excluding hydrogens is 446 g/mol. The molecular formula is C28H35NO6. The Morgan fingerprint density at radius 3 is 2.57 bits per heavy atom. The van der Waals surface area contributed by atoms with Gasteiger partial charge in [-0.15, -0.1) is 0 Å². The molecule has 1 aromatic rings. The zero-order chi connectivity index (χ0) is 25.7. The molecule has 0 amide bonds. The Labute approximate surface area is 205 Å². The lowest BCUT2D eigenvalue weighted by Crippen LogP contribution is -2.65. The van der Waals surface area contributed by atoms with Gasteiger partial charge in [0.15, 0.2) is 17.5 Å². The maximum Gasteiger partial charge on any atom is 0.341 e. The number of rotatable bonds is 3. The van der Waals surface area contributed by atoms with E-state index < -0.39 is 41.7 Å². The van der Waals surface area contributed by atoms with Crippen molar-refractivity contribution in [1.82, 2.24) is 0 Å². The van der Waals surface area contributed by atoms with Gasteiger partial charge in [-0.2, -0.15) is 0 Å². The van der Waals surface area contributed by atoms with Crippen LogP contribution in [0.2, 0.25) is 0 Å². The fourth-order valence-corrected chi connectivity index (χ4v) is 7.73. The van der Waals surface area contributed by atoms with Crippen LogP contribution in [0.3, 0.4) is 0 Å². The number of esters is 1. The SMILES string of the molecule is CC1=C[C@]23C(=O)[C@@H](C=C(CO)[C@@H](O)[C@]2(O)[C@H]1OC(=O)c1c(C)cccc1N)[C@H]1[C@@H](C[C@H]3C)C1(C)C. The first-order valence-corrected chi connectivity index (χ1v) is 12.4. The molecule has 2 bridgehead atoms. The summed E-state index contributed by atoms with van der Waals surface area (Å²) < 4.78 is 5.91. The molecule has 2 fully saturated rings. The number of aliphatic hydroxyl groups is 3. The number of anilines is 1. The summed E-state index contributed by atoms with van der Waals surface area (Å²) in [6, 6.07) is 5.07. The fraction of sp³-hybridized carbons (Fsp3) is 0.571. The molecule has 0 radical (unpaired) electrons. The second-order valence-electron chi connectivity index (χ2n) is 11.7. The summed E-state index contributed by atoms with van der Waals surface area (Å²) in [5.41, 5.74) is 4.12. The molecule has 7 heteroatoms. The van der Waals surface area contributed by atoms with Gasteiger partial charge < -0.3 is 25.8 Å². The standard InChI is InChI=1S/C28H35NO6/c1-13-7-6-8-19(29)20(13)25(33)35-24-14(2)11-27-15(3)9-18-21(26(18,4)5)17(23(27)32)10-16(12-30)22(31)28(24,27)34/h6-8,10-11,15,17-18,21-22,24,30-31,34H,9,12,29H2,1-5H3/t15-,17+,18-,21+,22-,24+,27+,28+/m1/s1. The van der Waals surface area contributed by atoms with E-state index in [-0.39, 0.29) is 45.8 Å². The predicted octanol–water partition coefficient (Wildman–Crippen LogP) is 2.57. The third-order valence-corrected chi connectivity index (χ3v) is 9.63. The fourth-order valence-electron chi connectivity index (χ4n) is 7.73. The van der Waals surface area contributed by atoms with Crippen LogP contribution in [0.5, 0.6) is 0 Å². The number of benzene rings is 1. The van der Waals surface area contributed by atoms with Crippen molar-refractivity contribution >= 4 is 17.4 Å². The highest BCUT2D eigenvalue weighted by Crippen LogP contribution is 2.71. The molecule has 4 aliphatic carbocycles. The van der Waals surface area contributed by atoms with Crippen LogP contribution in [-0.4, -0.2) is 51.5 Å². The number of hydrogen-bond acceptors (Lipinski definition) is 7. The van der Waals surface area contributed by atoms with Crippen molar-refractivity contribution in [2.75, 3.05) is 12.3 Å². The summed E-state index contributed by atoms with van der Waals surface area (Å²) in [6.07, 6.45) is 1.21. The minimum absolute atomic E-state index is 0.0493. The number of carbonyl (C=O) groups is 2. The zero-order valence-electron chi connectivity index (χ0n) is 20.9. The van der Waals surface area contributed by atoms with E-state index in [2.05, 4.69) is 13.8 Å². The number of allylic oxidation sites excluding steroid dienone is 1. The van der Waals surface area contributed by atoms with E-state index in [1.54, 1.807) is 44.2 Å². The van der Waals surface area contributed by atoms with Crippen molar-refractivity contribution in [3.63, 3.8) is 0 Å². The van der Waals surface area contributed by atoms with Crippen LogP contribution in [0, 0.1) is 41.4 Å². The van der Waals surface area contributed by atoms with Gasteiger partial charge in [0.1, 0.15) is 6.10 Å². The maximum absolute atomic E-state index is 14.4. The van der Waals surface area contributed by atoms with E-state index in [0.29, 0.717) is 17.6 Å². The minimum Gasteiger partial charge on any atom is -0.451 e. The van der Waals surface area contributed by atoms with Crippen molar-refractivity contribution in [2.45, 2.75) is 58.8 Å². The summed E-state index contributed by atoms with van der Waals surface area (Å²) in [5.74, 6) is -1.43. The number of hydrogen-bond donors (Lipinski definition) is 4. The lowest BCUT2D eigenvalue weighted by atomic mass is 9.59. The molecule has 2 saturated carbocycles. The number of ether oxygens (including phenoxy) is 1. The van der Waals surface area contributed by atoms with E-state index in [4.69, 9.17) is 10.5 Å². The molecule has 0 heterocycles. The number of nitrogens with two attached hydrogens (primary N) is 1. The number of nitrogen functional groups attached to an aromatic ring is 1. The lowest BCUT2D eigenvalue weighted by Gasteiger charge is -2.48. The molecule has 188 valence electrons. The van der Waals surface area contributed by atoms with Gasteiger partial charge in [0, 0.05) is 11.6 Å². The number of fused-ring (bicyclic) bond motifs is 3. The third-order valence-electron chi connectivity index (χ3n) is 9.63. The second kappa shape index (κ2) is 7.51. The van der Waals surface area contributed by atoms with E-state index in [9.17, 15) is 24.9 Å². The Morgan fingerprint density at radius 1 is 1.26 bits per heavy atom. The zero-order valence-corrected chi connectivity index (χ0v) is 20.9. The molecule has 4 aliphatic rings. The van der Waals surface area contributed by atoms with E-state index in [1.807, 2.05) is 6.92 Å². The summed E-state index contributed by atoms with van der Waals surface area (Å²) in [5, 5.41) is 34.2. The van der Waals surface area contributed by atoms with Gasteiger partial charge in [0.25, 0.3) is 0 Å². The second-order valence-corrected chi connectivity index (χ2v) is 11.7. The van der Waals surface area contributed by atoms with Crippen LogP contribution in [0.1, 0.15) is 50.0 Å². The molecule has 0 unspecified atom stereocenters. The van der Waals surface area contributed by atoms with Gasteiger partial charge in [0.05, 0.1) is 17.6 Å². The van der Waals surface area contributed by atoms with Crippen LogP contribution in [-0.2, 0) is 9.53 Å². The highest BCUT2D eigenvalue weighted by atomic mass is 16.6. The highest BCUT2D eigenvalue weighted by molar-refractivity contribution is 5.98. The summed E-state index contributed by atoms with van der Waals surface area (Å²) in [7, 11) is 0. The van der Waals surface area contributed by atoms with E-state index >= 15 is 0 Å². The Bertz CT molecular complexity index is 1160. The molecule has 0 aliphatic heterocycles. The van der Waals surface area contributed by atoms with Gasteiger partial charge in [-0.1, -0.05) is 45.1 Å². The quantitative estimate of drug-likeness (QED) is 0.297. The Kier molecular flexibility index (Phi) is 5.20. The number of ketones is 1. The van der Waals surface area contributed by atoms with Crippen molar-refractivity contribution < 1.29 is 29.6 Å². The molecule has 8 atom stereocenters. The van der Waals surface area contributed by atoms with Crippen molar-refractivity contribution in [3.8, 4) is 0 Å². The van der Waals surface area contributed by atoms with Crippen molar-refractivity contribution in [2.24, 2.45) is 34.5 Å². The number of aliphatic hydroxyl groups excluding tert-OH is 2. The average Bonchev–Trinajstić information content (AvgIpc) is 3.27. The van der Waals surface area contributed by atoms with Crippen LogP contribution >= 0.6 is 0 Å². The number of aryl methyl sites for hydroxylation is 1. The number of Topliss-reactive ketones (excluding diaryl/α,β-unsaturated/α-hetero) is 1. The molecule has 0 saturated heterocycles. The van der Waals surface area contributed by atoms with E-state index in [0.717, 1.165) is 0 Å². The first-order chi connectivity index (χ1) is 16.3. The van der Waals surface area contributed by atoms with Crippen LogP contribution in [0.4, 0.5) is 5.69 Å². The summed E-state index contributed by atoms with van der Waals surface area (Å²) in [4.78, 5) is 27.7. The minimum atomic E-state index is -2.16. The predicted molar refractivity (Wildman–Crippen MR) is 130 cm³/mol. The molecule has 5 N–H and O–H groups in total. The van der Waals surface area contributed by atoms with E-state index in [1.165, 1.54) is 0 Å². The Morgan fingerprint density at radius 2 is 1.94 bits per heavy atom. The average molecular weight is 482 g/mol. The largest absolute Gasteiger partial charge is 0.451 e. The third kappa shape index (κ3) is 2.89. The van der Waals surface area contributed by atoms with Crippen LogP contribution < -0.4 is 5.73 Å². The van der Waals surface area contributed by atoms with Gasteiger partial charge in [-0.25, -0.2) is 4.79 Å². The Hall–Kier alpha value is -2.48. The highest BCUT2D eigenvalue weighted by Gasteiger charge is 2.76. The lowest BCUT2D eigenvalue weighted by molar-refractivity contribution is -0.190. The van der Waals surface area contributed by atoms with Gasteiger partial charge in [-0.3, -0.25) is 4.79 Å². The first kappa shape index (κ1) is 24.2. The molecule has 1 spiro atoms. The summed E-state index contributed by atoms with van der Waals surface area (Å²) >= 11 is 0.